The summed E-state index contributed by atoms with van der Waals surface area (Å²) in [4.78, 5) is 0. The van der Waals surface area contributed by atoms with Crippen molar-refractivity contribution in [2.45, 2.75) is 33.6 Å². The molecule has 0 aromatic carbocycles. The molecular weight excluding hydrogens is 162 g/mol. The van der Waals surface area contributed by atoms with Crippen LogP contribution in [0.15, 0.2) is 0 Å². The fraction of sp³-hybridized carbons (Fsp3) is 1.00. The standard InChI is InChI=1S/C11H23NO/c1-11(2,3)10-8-12-6-4-9(10)5-7-13/h9-10,12-13H,4-8H2,1-3H3/t9-,10+/m1/s1. The first-order valence-electron chi connectivity index (χ1n) is 5.37. The van der Waals surface area contributed by atoms with E-state index in [0.717, 1.165) is 19.5 Å². The topological polar surface area (TPSA) is 32.3 Å². The average Bonchev–Trinajstić information content (AvgIpc) is 2.04. The van der Waals surface area contributed by atoms with E-state index in [1.165, 1.54) is 6.42 Å². The zero-order valence-electron chi connectivity index (χ0n) is 9.14. The molecule has 0 unspecified atom stereocenters. The smallest absolute Gasteiger partial charge is 0.0433 e. The Balaban J connectivity index is 2.56. The molecule has 0 radical (unpaired) electrons. The third-order valence-corrected chi connectivity index (χ3v) is 3.24. The van der Waals surface area contributed by atoms with E-state index >= 15 is 0 Å². The molecule has 1 aliphatic rings. The Morgan fingerprint density at radius 3 is 2.62 bits per heavy atom. The van der Waals surface area contributed by atoms with Crippen LogP contribution in [0.3, 0.4) is 0 Å². The van der Waals surface area contributed by atoms with Gasteiger partial charge in [0.05, 0.1) is 0 Å². The predicted octanol–water partition coefficient (Wildman–Crippen LogP) is 1.64. The van der Waals surface area contributed by atoms with Crippen LogP contribution in [0.1, 0.15) is 33.6 Å². The predicted molar refractivity (Wildman–Crippen MR) is 55.6 cm³/mol. The molecular formula is C11H23NO. The molecule has 1 heterocycles. The Bertz CT molecular complexity index is 149. The first-order chi connectivity index (χ1) is 6.05. The highest BCUT2D eigenvalue weighted by Gasteiger charge is 2.33. The zero-order valence-corrected chi connectivity index (χ0v) is 9.14. The summed E-state index contributed by atoms with van der Waals surface area (Å²) >= 11 is 0. The van der Waals surface area contributed by atoms with E-state index in [-0.39, 0.29) is 0 Å². The van der Waals surface area contributed by atoms with E-state index in [4.69, 9.17) is 5.11 Å². The minimum atomic E-state index is 0.344. The highest BCUT2D eigenvalue weighted by molar-refractivity contribution is 4.85. The Labute approximate surface area is 81.7 Å². The summed E-state index contributed by atoms with van der Waals surface area (Å²) in [7, 11) is 0. The number of piperidine rings is 1. The van der Waals surface area contributed by atoms with Gasteiger partial charge in [0.2, 0.25) is 0 Å². The van der Waals surface area contributed by atoms with Gasteiger partial charge < -0.3 is 10.4 Å². The summed E-state index contributed by atoms with van der Waals surface area (Å²) in [5, 5.41) is 12.4. The number of aliphatic hydroxyl groups excluding tert-OH is 1. The van der Waals surface area contributed by atoms with Crippen molar-refractivity contribution >= 4 is 0 Å². The minimum Gasteiger partial charge on any atom is -0.396 e. The van der Waals surface area contributed by atoms with Crippen LogP contribution < -0.4 is 5.32 Å². The number of aliphatic hydroxyl groups is 1. The van der Waals surface area contributed by atoms with Crippen molar-refractivity contribution in [1.82, 2.24) is 5.32 Å². The monoisotopic (exact) mass is 185 g/mol. The molecule has 0 aliphatic carbocycles. The van der Waals surface area contributed by atoms with Crippen LogP contribution in [0.4, 0.5) is 0 Å². The maximum absolute atomic E-state index is 8.98. The van der Waals surface area contributed by atoms with Crippen LogP contribution in [0.2, 0.25) is 0 Å². The van der Waals surface area contributed by atoms with Crippen LogP contribution in [-0.4, -0.2) is 24.8 Å². The van der Waals surface area contributed by atoms with Gasteiger partial charge in [0.15, 0.2) is 0 Å². The summed E-state index contributed by atoms with van der Waals surface area (Å²) in [5.74, 6) is 1.43. The first kappa shape index (κ1) is 11.0. The van der Waals surface area contributed by atoms with Crippen LogP contribution in [0.25, 0.3) is 0 Å². The molecule has 13 heavy (non-hydrogen) atoms. The van der Waals surface area contributed by atoms with Crippen molar-refractivity contribution in [3.63, 3.8) is 0 Å². The molecule has 0 amide bonds. The van der Waals surface area contributed by atoms with Crippen molar-refractivity contribution in [2.24, 2.45) is 17.3 Å². The van der Waals surface area contributed by atoms with Crippen molar-refractivity contribution in [3.05, 3.63) is 0 Å². The summed E-state index contributed by atoms with van der Waals surface area (Å²) in [6, 6.07) is 0. The molecule has 2 nitrogen and oxygen atoms in total. The third kappa shape index (κ3) is 2.96. The highest BCUT2D eigenvalue weighted by Crippen LogP contribution is 2.36. The van der Waals surface area contributed by atoms with Crippen molar-refractivity contribution in [3.8, 4) is 0 Å². The molecule has 1 rings (SSSR count). The molecule has 0 aromatic heterocycles. The molecule has 1 aliphatic heterocycles. The summed E-state index contributed by atoms with van der Waals surface area (Å²) in [6.45, 7) is 9.49. The molecule has 0 spiro atoms. The second-order valence-electron chi connectivity index (χ2n) is 5.24. The molecule has 2 atom stereocenters. The number of rotatable bonds is 2. The molecule has 0 aromatic rings. The SMILES string of the molecule is CC(C)(C)[C@H]1CNCC[C@@H]1CCO. The Morgan fingerprint density at radius 2 is 2.08 bits per heavy atom. The van der Waals surface area contributed by atoms with E-state index in [9.17, 15) is 0 Å². The van der Waals surface area contributed by atoms with Gasteiger partial charge in [-0.15, -0.1) is 0 Å². The van der Waals surface area contributed by atoms with E-state index < -0.39 is 0 Å². The molecule has 1 saturated heterocycles. The van der Waals surface area contributed by atoms with E-state index in [2.05, 4.69) is 26.1 Å². The van der Waals surface area contributed by atoms with Crippen LogP contribution in [-0.2, 0) is 0 Å². The van der Waals surface area contributed by atoms with Crippen molar-refractivity contribution in [2.75, 3.05) is 19.7 Å². The highest BCUT2D eigenvalue weighted by atomic mass is 16.3. The van der Waals surface area contributed by atoms with Gasteiger partial charge in [0, 0.05) is 6.61 Å². The molecule has 78 valence electrons. The van der Waals surface area contributed by atoms with Crippen LogP contribution in [0.5, 0.6) is 0 Å². The normalized spacial score (nSPS) is 30.5. The van der Waals surface area contributed by atoms with Gasteiger partial charge in [0.25, 0.3) is 0 Å². The molecule has 2 N–H and O–H groups in total. The van der Waals surface area contributed by atoms with E-state index in [1.54, 1.807) is 0 Å². The second kappa shape index (κ2) is 4.43. The fourth-order valence-electron chi connectivity index (χ4n) is 2.44. The van der Waals surface area contributed by atoms with Gasteiger partial charge in [-0.1, -0.05) is 20.8 Å². The Kier molecular flexibility index (Phi) is 3.74. The summed E-state index contributed by atoms with van der Waals surface area (Å²) in [6.07, 6.45) is 2.20. The minimum absolute atomic E-state index is 0.344. The average molecular weight is 185 g/mol. The molecule has 0 bridgehead atoms. The Hall–Kier alpha value is -0.0800. The lowest BCUT2D eigenvalue weighted by Gasteiger charge is -2.40. The number of hydrogen-bond donors (Lipinski definition) is 2. The van der Waals surface area contributed by atoms with Gasteiger partial charge in [-0.3, -0.25) is 0 Å². The van der Waals surface area contributed by atoms with Gasteiger partial charge in [-0.2, -0.15) is 0 Å². The van der Waals surface area contributed by atoms with Crippen LogP contribution >= 0.6 is 0 Å². The molecule has 2 heteroatoms. The molecule has 1 fully saturated rings. The largest absolute Gasteiger partial charge is 0.396 e. The summed E-state index contributed by atoms with van der Waals surface area (Å²) < 4.78 is 0. The fourth-order valence-corrected chi connectivity index (χ4v) is 2.44. The lowest BCUT2D eigenvalue weighted by Crippen LogP contribution is -2.43. The van der Waals surface area contributed by atoms with Gasteiger partial charge >= 0.3 is 0 Å². The Morgan fingerprint density at radius 1 is 1.38 bits per heavy atom. The van der Waals surface area contributed by atoms with Crippen LogP contribution in [0, 0.1) is 17.3 Å². The zero-order chi connectivity index (χ0) is 9.90. The number of hydrogen-bond acceptors (Lipinski definition) is 2. The van der Waals surface area contributed by atoms with Gasteiger partial charge in [0.1, 0.15) is 0 Å². The van der Waals surface area contributed by atoms with Crippen molar-refractivity contribution < 1.29 is 5.11 Å². The lowest BCUT2D eigenvalue weighted by atomic mass is 9.69. The van der Waals surface area contributed by atoms with Gasteiger partial charge in [-0.05, 0) is 43.2 Å². The maximum Gasteiger partial charge on any atom is 0.0433 e. The first-order valence-corrected chi connectivity index (χ1v) is 5.37. The second-order valence-corrected chi connectivity index (χ2v) is 5.24. The van der Waals surface area contributed by atoms with Crippen molar-refractivity contribution in [1.29, 1.82) is 0 Å². The van der Waals surface area contributed by atoms with E-state index in [0.29, 0.717) is 23.9 Å². The molecule has 0 saturated carbocycles. The maximum atomic E-state index is 8.98. The van der Waals surface area contributed by atoms with Gasteiger partial charge in [-0.25, -0.2) is 0 Å². The summed E-state index contributed by atoms with van der Waals surface area (Å²) in [5.41, 5.74) is 0.368. The lowest BCUT2D eigenvalue weighted by molar-refractivity contribution is 0.0984. The third-order valence-electron chi connectivity index (χ3n) is 3.24. The van der Waals surface area contributed by atoms with E-state index in [1.807, 2.05) is 0 Å². The quantitative estimate of drug-likeness (QED) is 0.685. The number of nitrogens with one attached hydrogen (secondary N) is 1.